The number of hydrogen-bond acceptors (Lipinski definition) is 4. The van der Waals surface area contributed by atoms with E-state index < -0.39 is 11.9 Å². The number of amides is 1. The third-order valence-corrected chi connectivity index (χ3v) is 6.58. The van der Waals surface area contributed by atoms with Crippen LogP contribution in [0.3, 0.4) is 0 Å². The van der Waals surface area contributed by atoms with Crippen LogP contribution in [0, 0.1) is 5.82 Å². The van der Waals surface area contributed by atoms with Gasteiger partial charge in [-0.3, -0.25) is 4.79 Å². The molecule has 3 aromatic rings. The maximum Gasteiger partial charge on any atom is 0.251 e. The number of nitrogens with one attached hydrogen (secondary N) is 1. The van der Waals surface area contributed by atoms with Crippen molar-refractivity contribution in [3.63, 3.8) is 0 Å². The van der Waals surface area contributed by atoms with Crippen LogP contribution < -0.4 is 5.32 Å². The van der Waals surface area contributed by atoms with Crippen LogP contribution >= 0.6 is 36.5 Å². The fraction of sp³-hybridized carbons (Fsp3) is 0.188. The molecule has 0 saturated carbocycles. The summed E-state index contributed by atoms with van der Waals surface area (Å²) in [5, 5.41) is 3.86. The SMILES string of the molecule is C[C@@H](NC(=O)c1ccc2sc(CP)c(Br)c2c1)c1ncc(F)cn1. The van der Waals surface area contributed by atoms with E-state index in [-0.39, 0.29) is 5.91 Å². The van der Waals surface area contributed by atoms with E-state index in [1.54, 1.807) is 24.3 Å². The zero-order chi connectivity index (χ0) is 17.3. The molecule has 0 saturated heterocycles. The predicted octanol–water partition coefficient (Wildman–Crippen LogP) is 4.46. The highest BCUT2D eigenvalue weighted by atomic mass is 79.9. The second-order valence-corrected chi connectivity index (χ2v) is 7.55. The number of thiophene rings is 1. The summed E-state index contributed by atoms with van der Waals surface area (Å²) in [6, 6.07) is 5.20. The molecular weight excluding hydrogens is 412 g/mol. The van der Waals surface area contributed by atoms with Gasteiger partial charge >= 0.3 is 0 Å². The molecule has 0 aliphatic heterocycles. The topological polar surface area (TPSA) is 54.9 Å². The van der Waals surface area contributed by atoms with Crippen LogP contribution in [0.15, 0.2) is 35.1 Å². The number of benzene rings is 1. The molecule has 0 radical (unpaired) electrons. The van der Waals surface area contributed by atoms with E-state index in [1.165, 1.54) is 4.88 Å². The van der Waals surface area contributed by atoms with Crippen LogP contribution in [-0.2, 0) is 6.16 Å². The standard InChI is InChI=1S/C16H14BrFN3OPS/c1-8(15-19-5-10(18)6-20-15)21-16(22)9-2-3-12-11(4-9)14(17)13(7-23)24-12/h2-6,8H,7,23H2,1H3,(H,21,22)/t8-/m1/s1. The van der Waals surface area contributed by atoms with Crippen molar-refractivity contribution in [3.05, 3.63) is 57.1 Å². The first-order valence-electron chi connectivity index (χ1n) is 7.19. The summed E-state index contributed by atoms with van der Waals surface area (Å²) in [7, 11) is 2.71. The van der Waals surface area contributed by atoms with E-state index in [9.17, 15) is 9.18 Å². The molecular formula is C16H14BrFN3OPS. The average molecular weight is 426 g/mol. The number of carbonyl (C=O) groups is 1. The zero-order valence-corrected chi connectivity index (χ0v) is 16.3. The first-order chi connectivity index (χ1) is 11.5. The van der Waals surface area contributed by atoms with Crippen molar-refractivity contribution in [2.75, 3.05) is 0 Å². The fourth-order valence-corrected chi connectivity index (χ4v) is 4.85. The number of rotatable bonds is 4. The van der Waals surface area contributed by atoms with Gasteiger partial charge in [-0.05, 0) is 47.2 Å². The lowest BCUT2D eigenvalue weighted by Crippen LogP contribution is -2.27. The number of fused-ring (bicyclic) bond motifs is 1. The van der Waals surface area contributed by atoms with E-state index >= 15 is 0 Å². The molecule has 0 aliphatic rings. The van der Waals surface area contributed by atoms with Crippen LogP contribution in [0.4, 0.5) is 4.39 Å². The molecule has 1 amide bonds. The van der Waals surface area contributed by atoms with Crippen molar-refractivity contribution in [2.24, 2.45) is 0 Å². The zero-order valence-electron chi connectivity index (χ0n) is 12.7. The molecule has 4 nitrogen and oxygen atoms in total. The van der Waals surface area contributed by atoms with Crippen LogP contribution in [0.1, 0.15) is 34.0 Å². The van der Waals surface area contributed by atoms with Crippen molar-refractivity contribution in [2.45, 2.75) is 19.1 Å². The monoisotopic (exact) mass is 425 g/mol. The minimum Gasteiger partial charge on any atom is -0.342 e. The Morgan fingerprint density at radius 3 is 2.79 bits per heavy atom. The van der Waals surface area contributed by atoms with E-state index in [2.05, 4.69) is 40.5 Å². The summed E-state index contributed by atoms with van der Waals surface area (Å²) in [6.07, 6.45) is 3.04. The third-order valence-electron chi connectivity index (χ3n) is 3.52. The van der Waals surface area contributed by atoms with Gasteiger partial charge < -0.3 is 5.32 Å². The molecule has 2 heterocycles. The minimum atomic E-state index is -0.505. The normalized spacial score (nSPS) is 12.3. The first kappa shape index (κ1) is 17.4. The van der Waals surface area contributed by atoms with Gasteiger partial charge in [0, 0.05) is 25.0 Å². The lowest BCUT2D eigenvalue weighted by Gasteiger charge is -2.12. The smallest absolute Gasteiger partial charge is 0.251 e. The predicted molar refractivity (Wildman–Crippen MR) is 101 cm³/mol. The molecule has 8 heteroatoms. The Morgan fingerprint density at radius 2 is 2.12 bits per heavy atom. The minimum absolute atomic E-state index is 0.220. The summed E-state index contributed by atoms with van der Waals surface area (Å²) in [5.41, 5.74) is 0.560. The van der Waals surface area contributed by atoms with Gasteiger partial charge in [-0.15, -0.1) is 20.6 Å². The second kappa shape index (κ2) is 7.21. The molecule has 24 heavy (non-hydrogen) atoms. The van der Waals surface area contributed by atoms with E-state index in [0.717, 1.165) is 33.1 Å². The Balaban J connectivity index is 1.83. The van der Waals surface area contributed by atoms with Crippen molar-refractivity contribution < 1.29 is 9.18 Å². The van der Waals surface area contributed by atoms with Gasteiger partial charge in [0.1, 0.15) is 5.82 Å². The summed E-state index contributed by atoms with van der Waals surface area (Å²) >= 11 is 5.30. The highest BCUT2D eigenvalue weighted by Crippen LogP contribution is 2.37. The summed E-state index contributed by atoms with van der Waals surface area (Å²) in [6.45, 7) is 1.76. The molecule has 2 aromatic heterocycles. The van der Waals surface area contributed by atoms with E-state index in [0.29, 0.717) is 11.4 Å². The Hall–Kier alpha value is -1.43. The third kappa shape index (κ3) is 3.48. The van der Waals surface area contributed by atoms with Gasteiger partial charge in [-0.2, -0.15) is 0 Å². The highest BCUT2D eigenvalue weighted by molar-refractivity contribution is 9.10. The van der Waals surface area contributed by atoms with Crippen LogP contribution in [0.5, 0.6) is 0 Å². The van der Waals surface area contributed by atoms with Crippen LogP contribution in [0.25, 0.3) is 10.1 Å². The molecule has 124 valence electrons. The lowest BCUT2D eigenvalue weighted by molar-refractivity contribution is 0.0938. The molecule has 0 aliphatic carbocycles. The molecule has 1 N–H and O–H groups in total. The largest absolute Gasteiger partial charge is 0.342 e. The number of nitrogens with zero attached hydrogens (tertiary/aromatic N) is 2. The number of hydrogen-bond donors (Lipinski definition) is 1. The van der Waals surface area contributed by atoms with Gasteiger partial charge in [0.05, 0.1) is 18.4 Å². The van der Waals surface area contributed by atoms with Gasteiger partial charge in [0.2, 0.25) is 0 Å². The molecule has 1 unspecified atom stereocenters. The van der Waals surface area contributed by atoms with E-state index in [1.807, 2.05) is 12.1 Å². The lowest BCUT2D eigenvalue weighted by atomic mass is 10.1. The van der Waals surface area contributed by atoms with Gasteiger partial charge in [-0.25, -0.2) is 14.4 Å². The molecule has 3 rings (SSSR count). The molecule has 1 aromatic carbocycles. The Morgan fingerprint density at radius 1 is 1.42 bits per heavy atom. The molecule has 2 atom stereocenters. The number of aromatic nitrogens is 2. The summed E-state index contributed by atoms with van der Waals surface area (Å²) < 4.78 is 15.0. The maximum absolute atomic E-state index is 12.9. The molecule has 0 spiro atoms. The van der Waals surface area contributed by atoms with Crippen molar-refractivity contribution in [1.82, 2.24) is 15.3 Å². The second-order valence-electron chi connectivity index (χ2n) is 5.21. The first-order valence-corrected chi connectivity index (χ1v) is 9.61. The van der Waals surface area contributed by atoms with Crippen LogP contribution in [-0.4, -0.2) is 15.9 Å². The fourth-order valence-electron chi connectivity index (χ4n) is 2.28. The Bertz CT molecular complexity index is 900. The number of halogens is 2. The van der Waals surface area contributed by atoms with Crippen molar-refractivity contribution >= 4 is 52.5 Å². The average Bonchev–Trinajstić information content (AvgIpc) is 2.91. The van der Waals surface area contributed by atoms with Gasteiger partial charge in [-0.1, -0.05) is 0 Å². The van der Waals surface area contributed by atoms with Crippen LogP contribution in [0.2, 0.25) is 0 Å². The summed E-state index contributed by atoms with van der Waals surface area (Å²) in [4.78, 5) is 21.5. The van der Waals surface area contributed by atoms with E-state index in [4.69, 9.17) is 0 Å². The quantitative estimate of drug-likeness (QED) is 0.627. The Kier molecular flexibility index (Phi) is 5.23. The maximum atomic E-state index is 12.9. The van der Waals surface area contributed by atoms with Crippen molar-refractivity contribution in [3.8, 4) is 0 Å². The molecule has 0 bridgehead atoms. The highest BCUT2D eigenvalue weighted by Gasteiger charge is 2.16. The van der Waals surface area contributed by atoms with Gasteiger partial charge in [0.15, 0.2) is 5.82 Å². The van der Waals surface area contributed by atoms with Crippen molar-refractivity contribution in [1.29, 1.82) is 0 Å². The number of carbonyl (C=O) groups excluding carboxylic acids is 1. The van der Waals surface area contributed by atoms with Gasteiger partial charge in [0.25, 0.3) is 5.91 Å². The Labute approximate surface area is 153 Å². The molecule has 0 fully saturated rings. The summed E-state index contributed by atoms with van der Waals surface area (Å²) in [5.74, 6) is -0.356.